The Hall–Kier alpha value is -3.86. The SMILES string of the molecule is O=C1NCc2c(-c3cnc4cc(F)ccn34)ccc(Nc3ccc(C4CCOC4)c(CN4CCC(O)C4)n3)c21. The summed E-state index contributed by atoms with van der Waals surface area (Å²) in [5.41, 5.74) is 6.43. The lowest BCUT2D eigenvalue weighted by molar-refractivity contribution is 0.0966. The Morgan fingerprint density at radius 3 is 2.95 bits per heavy atom. The van der Waals surface area contributed by atoms with Crippen molar-refractivity contribution in [3.63, 3.8) is 0 Å². The van der Waals surface area contributed by atoms with Gasteiger partial charge in [-0.15, -0.1) is 0 Å². The molecule has 0 saturated carbocycles. The number of halogens is 1. The minimum Gasteiger partial charge on any atom is -0.392 e. The maximum absolute atomic E-state index is 13.7. The van der Waals surface area contributed by atoms with Gasteiger partial charge in [0.1, 0.15) is 17.3 Å². The first-order chi connectivity index (χ1) is 19.0. The van der Waals surface area contributed by atoms with Crippen LogP contribution in [0.25, 0.3) is 16.9 Å². The lowest BCUT2D eigenvalue weighted by atomic mass is 9.96. The highest BCUT2D eigenvalue weighted by molar-refractivity contribution is 6.06. The number of carbonyl (C=O) groups is 1. The molecule has 7 rings (SSSR count). The van der Waals surface area contributed by atoms with Crippen LogP contribution in [0.5, 0.6) is 0 Å². The van der Waals surface area contributed by atoms with Gasteiger partial charge in [-0.25, -0.2) is 14.4 Å². The third-order valence-corrected chi connectivity index (χ3v) is 7.98. The second kappa shape index (κ2) is 9.71. The van der Waals surface area contributed by atoms with Crippen molar-refractivity contribution >= 4 is 23.1 Å². The molecular formula is C29H29FN6O3. The Morgan fingerprint density at radius 2 is 2.13 bits per heavy atom. The molecule has 200 valence electrons. The molecule has 0 radical (unpaired) electrons. The van der Waals surface area contributed by atoms with Crippen LogP contribution in [0.15, 0.2) is 48.8 Å². The van der Waals surface area contributed by atoms with E-state index >= 15 is 0 Å². The fourth-order valence-corrected chi connectivity index (χ4v) is 6.01. The maximum Gasteiger partial charge on any atom is 0.254 e. The summed E-state index contributed by atoms with van der Waals surface area (Å²) < 4.78 is 21.2. The van der Waals surface area contributed by atoms with E-state index in [2.05, 4.69) is 26.6 Å². The first-order valence-electron chi connectivity index (χ1n) is 13.4. The highest BCUT2D eigenvalue weighted by Gasteiger charge is 2.29. The number of benzene rings is 1. The number of rotatable bonds is 6. The molecule has 10 heteroatoms. The van der Waals surface area contributed by atoms with Crippen LogP contribution >= 0.6 is 0 Å². The average molecular weight is 529 g/mol. The topological polar surface area (TPSA) is 104 Å². The number of aromatic nitrogens is 3. The average Bonchev–Trinajstić information content (AvgIpc) is 3.73. The van der Waals surface area contributed by atoms with Gasteiger partial charge in [-0.3, -0.25) is 14.1 Å². The standard InChI is InChI=1S/C29H29FN6O3/c30-18-5-9-36-25(13-31-27(36)11-18)21-1-3-23(28-22(21)12-32-29(28)38)33-26-4-2-20(17-7-10-39-16-17)24(34-26)15-35-8-6-19(37)14-35/h1-5,9,11,13,17,19,37H,6-8,10,12,14-16H2,(H,32,38)(H,33,34). The number of nitrogens with one attached hydrogen (secondary N) is 2. The number of pyridine rings is 2. The summed E-state index contributed by atoms with van der Waals surface area (Å²) in [4.78, 5) is 24.6. The minimum absolute atomic E-state index is 0.153. The second-order valence-corrected chi connectivity index (χ2v) is 10.5. The molecule has 1 amide bonds. The van der Waals surface area contributed by atoms with Gasteiger partial charge in [-0.2, -0.15) is 0 Å². The Kier molecular flexibility index (Phi) is 6.03. The molecule has 2 unspecified atom stereocenters. The predicted octanol–water partition coefficient (Wildman–Crippen LogP) is 3.59. The summed E-state index contributed by atoms with van der Waals surface area (Å²) in [5, 5.41) is 16.4. The van der Waals surface area contributed by atoms with E-state index in [0.717, 1.165) is 48.5 Å². The van der Waals surface area contributed by atoms with Crippen molar-refractivity contribution in [2.24, 2.45) is 0 Å². The van der Waals surface area contributed by atoms with Gasteiger partial charge >= 0.3 is 0 Å². The molecule has 1 aromatic carbocycles. The Balaban J connectivity index is 1.24. The highest BCUT2D eigenvalue weighted by atomic mass is 19.1. The first kappa shape index (κ1) is 24.2. The molecule has 3 aliphatic rings. The molecule has 2 saturated heterocycles. The number of nitrogens with zero attached hydrogens (tertiary/aromatic N) is 4. The Bertz CT molecular complexity index is 1580. The van der Waals surface area contributed by atoms with Gasteiger partial charge < -0.3 is 20.5 Å². The van der Waals surface area contributed by atoms with E-state index in [1.54, 1.807) is 12.4 Å². The molecule has 2 atom stereocenters. The van der Waals surface area contributed by atoms with Crippen molar-refractivity contribution < 1.29 is 19.0 Å². The maximum atomic E-state index is 13.7. The van der Waals surface area contributed by atoms with Crippen LogP contribution in [0.3, 0.4) is 0 Å². The number of carbonyl (C=O) groups excluding carboxylic acids is 1. The molecule has 0 bridgehead atoms. The van der Waals surface area contributed by atoms with E-state index in [0.29, 0.717) is 54.9 Å². The van der Waals surface area contributed by atoms with E-state index in [1.165, 1.54) is 17.7 Å². The van der Waals surface area contributed by atoms with Crippen LogP contribution in [0.2, 0.25) is 0 Å². The summed E-state index contributed by atoms with van der Waals surface area (Å²) in [6, 6.07) is 10.7. The third kappa shape index (κ3) is 4.44. The molecule has 9 nitrogen and oxygen atoms in total. The summed E-state index contributed by atoms with van der Waals surface area (Å²) in [5.74, 6) is 0.468. The number of hydrogen-bond donors (Lipinski definition) is 3. The molecule has 2 fully saturated rings. The fourth-order valence-electron chi connectivity index (χ4n) is 6.01. The zero-order chi connectivity index (χ0) is 26.5. The number of β-amino-alcohol motifs (C(OH)–C–C–N with tert-alkyl or cyclic N) is 1. The van der Waals surface area contributed by atoms with Gasteiger partial charge in [0.05, 0.1) is 41.5 Å². The number of amides is 1. The van der Waals surface area contributed by atoms with E-state index in [-0.39, 0.29) is 17.8 Å². The molecule has 3 aromatic heterocycles. The van der Waals surface area contributed by atoms with E-state index < -0.39 is 0 Å². The number of aliphatic hydroxyl groups excluding tert-OH is 1. The number of imidazole rings is 1. The minimum atomic E-state index is -0.347. The van der Waals surface area contributed by atoms with Crippen molar-refractivity contribution in [1.82, 2.24) is 24.6 Å². The largest absolute Gasteiger partial charge is 0.392 e. The van der Waals surface area contributed by atoms with Crippen LogP contribution in [0, 0.1) is 5.82 Å². The van der Waals surface area contributed by atoms with Crippen molar-refractivity contribution in [3.8, 4) is 11.3 Å². The second-order valence-electron chi connectivity index (χ2n) is 10.5. The molecular weight excluding hydrogens is 499 g/mol. The molecule has 6 heterocycles. The van der Waals surface area contributed by atoms with Crippen molar-refractivity contribution in [2.45, 2.75) is 38.0 Å². The third-order valence-electron chi connectivity index (χ3n) is 7.98. The van der Waals surface area contributed by atoms with Crippen LogP contribution in [0.1, 0.15) is 45.9 Å². The van der Waals surface area contributed by atoms with Gasteiger partial charge in [0.2, 0.25) is 0 Å². The van der Waals surface area contributed by atoms with Gasteiger partial charge in [-0.05, 0) is 42.2 Å². The number of anilines is 2. The smallest absolute Gasteiger partial charge is 0.254 e. The number of likely N-dealkylation sites (tertiary alicyclic amines) is 1. The van der Waals surface area contributed by atoms with Crippen LogP contribution in [0.4, 0.5) is 15.9 Å². The summed E-state index contributed by atoms with van der Waals surface area (Å²) in [6.45, 7) is 3.97. The van der Waals surface area contributed by atoms with Crippen molar-refractivity contribution in [3.05, 3.63) is 77.0 Å². The van der Waals surface area contributed by atoms with E-state index in [4.69, 9.17) is 9.72 Å². The number of ether oxygens (including phenoxy) is 1. The molecule has 3 aliphatic heterocycles. The molecule has 4 aromatic rings. The lowest BCUT2D eigenvalue weighted by Crippen LogP contribution is -2.23. The summed E-state index contributed by atoms with van der Waals surface area (Å²) in [7, 11) is 0. The zero-order valence-electron chi connectivity index (χ0n) is 21.4. The highest BCUT2D eigenvalue weighted by Crippen LogP contribution is 2.36. The lowest BCUT2D eigenvalue weighted by Gasteiger charge is -2.21. The van der Waals surface area contributed by atoms with Gasteiger partial charge in [0.25, 0.3) is 5.91 Å². The number of hydrogen-bond acceptors (Lipinski definition) is 7. The monoisotopic (exact) mass is 528 g/mol. The Morgan fingerprint density at radius 1 is 1.21 bits per heavy atom. The van der Waals surface area contributed by atoms with E-state index in [9.17, 15) is 14.3 Å². The van der Waals surface area contributed by atoms with Crippen LogP contribution in [-0.4, -0.2) is 62.7 Å². The predicted molar refractivity (Wildman–Crippen MR) is 143 cm³/mol. The quantitative estimate of drug-likeness (QED) is 0.351. The van der Waals surface area contributed by atoms with Crippen LogP contribution < -0.4 is 10.6 Å². The zero-order valence-corrected chi connectivity index (χ0v) is 21.4. The van der Waals surface area contributed by atoms with Crippen LogP contribution in [-0.2, 0) is 17.8 Å². The normalized spacial score (nSPS) is 21.0. The summed E-state index contributed by atoms with van der Waals surface area (Å²) >= 11 is 0. The van der Waals surface area contributed by atoms with Crippen molar-refractivity contribution in [2.75, 3.05) is 31.6 Å². The number of aliphatic hydroxyl groups is 1. The van der Waals surface area contributed by atoms with E-state index in [1.807, 2.05) is 22.6 Å². The molecule has 39 heavy (non-hydrogen) atoms. The Labute approximate surface area is 224 Å². The van der Waals surface area contributed by atoms with Gasteiger partial charge in [0.15, 0.2) is 0 Å². The van der Waals surface area contributed by atoms with Gasteiger partial charge in [-0.1, -0.05) is 12.1 Å². The fraction of sp³-hybridized carbons (Fsp3) is 0.345. The summed E-state index contributed by atoms with van der Waals surface area (Å²) in [6.07, 6.45) is 4.80. The van der Waals surface area contributed by atoms with Gasteiger partial charge in [0, 0.05) is 56.5 Å². The number of fused-ring (bicyclic) bond motifs is 2. The molecule has 0 aliphatic carbocycles. The van der Waals surface area contributed by atoms with Crippen molar-refractivity contribution in [1.29, 1.82) is 0 Å². The first-order valence-corrected chi connectivity index (χ1v) is 13.4. The molecule has 3 N–H and O–H groups in total. The molecule has 0 spiro atoms.